The number of hydrogen-bond acceptors (Lipinski definition) is 3. The van der Waals surface area contributed by atoms with E-state index in [4.69, 9.17) is 26.8 Å². The Kier molecular flexibility index (Phi) is 7.26. The lowest BCUT2D eigenvalue weighted by Gasteiger charge is -2.21. The SMILES string of the molecule is COCCOc1cccc(-c2cc(C(CN)c3ccccc3)c(C)cc2Cl)c1F. The van der Waals surface area contributed by atoms with Gasteiger partial charge in [0.05, 0.1) is 6.61 Å². The van der Waals surface area contributed by atoms with Crippen molar-refractivity contribution in [2.45, 2.75) is 12.8 Å². The molecule has 0 radical (unpaired) electrons. The van der Waals surface area contributed by atoms with Gasteiger partial charge in [-0.15, -0.1) is 0 Å². The van der Waals surface area contributed by atoms with Crippen molar-refractivity contribution in [3.05, 3.63) is 88.2 Å². The summed E-state index contributed by atoms with van der Waals surface area (Å²) in [5, 5.41) is 0.489. The first-order valence-corrected chi connectivity index (χ1v) is 9.90. The van der Waals surface area contributed by atoms with Crippen LogP contribution in [0.5, 0.6) is 5.75 Å². The molecule has 1 unspecified atom stereocenters. The van der Waals surface area contributed by atoms with Crippen LogP contribution in [-0.2, 0) is 4.74 Å². The molecule has 3 aromatic carbocycles. The van der Waals surface area contributed by atoms with Crippen LogP contribution in [0.3, 0.4) is 0 Å². The molecule has 3 rings (SSSR count). The summed E-state index contributed by atoms with van der Waals surface area (Å²) in [5.41, 5.74) is 10.3. The normalized spacial score (nSPS) is 12.0. The lowest BCUT2D eigenvalue weighted by atomic mass is 9.86. The molecule has 0 saturated carbocycles. The van der Waals surface area contributed by atoms with Gasteiger partial charge in [-0.2, -0.15) is 0 Å². The Labute approximate surface area is 176 Å². The fourth-order valence-corrected chi connectivity index (χ4v) is 3.78. The summed E-state index contributed by atoms with van der Waals surface area (Å²) in [6, 6.07) is 18.9. The van der Waals surface area contributed by atoms with Crippen LogP contribution in [0.4, 0.5) is 4.39 Å². The van der Waals surface area contributed by atoms with Gasteiger partial charge < -0.3 is 15.2 Å². The molecule has 0 saturated heterocycles. The fourth-order valence-electron chi connectivity index (χ4n) is 3.46. The highest BCUT2D eigenvalue weighted by Crippen LogP contribution is 2.38. The van der Waals surface area contributed by atoms with Crippen LogP contribution in [0, 0.1) is 12.7 Å². The molecule has 152 valence electrons. The molecule has 5 heteroatoms. The molecule has 0 aliphatic carbocycles. The second-order valence-electron chi connectivity index (χ2n) is 6.85. The molecule has 3 nitrogen and oxygen atoms in total. The standard InChI is InChI=1S/C24H25ClFNO2/c1-16-13-22(25)20(14-19(16)21(15-27)17-7-4-3-5-8-17)18-9-6-10-23(24(18)26)29-12-11-28-2/h3-10,13-14,21H,11-12,15,27H2,1-2H3. The van der Waals surface area contributed by atoms with E-state index in [0.717, 1.165) is 16.7 Å². The van der Waals surface area contributed by atoms with Crippen molar-refractivity contribution in [2.24, 2.45) is 5.73 Å². The number of hydrogen-bond donors (Lipinski definition) is 1. The highest BCUT2D eigenvalue weighted by atomic mass is 35.5. The third-order valence-corrected chi connectivity index (χ3v) is 5.28. The van der Waals surface area contributed by atoms with Gasteiger partial charge in [-0.1, -0.05) is 54.1 Å². The second-order valence-corrected chi connectivity index (χ2v) is 7.25. The molecule has 0 amide bonds. The molecule has 0 spiro atoms. The predicted octanol–water partition coefficient (Wildman–Crippen LogP) is 5.57. The Morgan fingerprint density at radius 3 is 2.45 bits per heavy atom. The van der Waals surface area contributed by atoms with Gasteiger partial charge in [0, 0.05) is 35.7 Å². The number of halogens is 2. The Morgan fingerprint density at radius 2 is 1.76 bits per heavy atom. The van der Waals surface area contributed by atoms with Gasteiger partial charge in [-0.25, -0.2) is 4.39 Å². The number of rotatable bonds is 8. The molecule has 0 aliphatic heterocycles. The van der Waals surface area contributed by atoms with E-state index in [2.05, 4.69) is 12.1 Å². The number of nitrogens with two attached hydrogens (primary N) is 1. The summed E-state index contributed by atoms with van der Waals surface area (Å²) < 4.78 is 25.6. The highest BCUT2D eigenvalue weighted by Gasteiger charge is 2.20. The van der Waals surface area contributed by atoms with E-state index in [1.165, 1.54) is 0 Å². The first-order valence-electron chi connectivity index (χ1n) is 9.52. The van der Waals surface area contributed by atoms with E-state index < -0.39 is 5.82 Å². The molecule has 0 aliphatic rings. The predicted molar refractivity (Wildman–Crippen MR) is 116 cm³/mol. The Balaban J connectivity index is 2.05. The summed E-state index contributed by atoms with van der Waals surface area (Å²) in [6.07, 6.45) is 0. The maximum atomic E-state index is 15.2. The van der Waals surface area contributed by atoms with Crippen molar-refractivity contribution in [1.29, 1.82) is 0 Å². The number of aryl methyl sites for hydroxylation is 1. The molecule has 0 fully saturated rings. The van der Waals surface area contributed by atoms with Crippen molar-refractivity contribution in [3.63, 3.8) is 0 Å². The Morgan fingerprint density at radius 1 is 1.00 bits per heavy atom. The maximum absolute atomic E-state index is 15.2. The lowest BCUT2D eigenvalue weighted by molar-refractivity contribution is 0.144. The zero-order chi connectivity index (χ0) is 20.8. The van der Waals surface area contributed by atoms with E-state index in [9.17, 15) is 0 Å². The average molecular weight is 414 g/mol. The fraction of sp³-hybridized carbons (Fsp3) is 0.250. The third kappa shape index (κ3) is 4.78. The molecule has 29 heavy (non-hydrogen) atoms. The molecular weight excluding hydrogens is 389 g/mol. The van der Waals surface area contributed by atoms with E-state index in [1.54, 1.807) is 25.3 Å². The van der Waals surface area contributed by atoms with E-state index in [1.807, 2.05) is 37.3 Å². The summed E-state index contributed by atoms with van der Waals surface area (Å²) in [6.45, 7) is 3.09. The zero-order valence-corrected chi connectivity index (χ0v) is 17.4. The molecular formula is C24H25ClFNO2. The second kappa shape index (κ2) is 9.88. The van der Waals surface area contributed by atoms with Crippen molar-refractivity contribution in [3.8, 4) is 16.9 Å². The third-order valence-electron chi connectivity index (χ3n) is 4.97. The van der Waals surface area contributed by atoms with E-state index in [-0.39, 0.29) is 18.3 Å². The van der Waals surface area contributed by atoms with Crippen molar-refractivity contribution in [1.82, 2.24) is 0 Å². The van der Waals surface area contributed by atoms with E-state index in [0.29, 0.717) is 29.3 Å². The van der Waals surface area contributed by atoms with Gasteiger partial charge in [0.2, 0.25) is 0 Å². The summed E-state index contributed by atoms with van der Waals surface area (Å²) in [7, 11) is 1.57. The largest absolute Gasteiger partial charge is 0.488 e. The minimum Gasteiger partial charge on any atom is -0.488 e. The van der Waals surface area contributed by atoms with Crippen LogP contribution in [0.1, 0.15) is 22.6 Å². The molecule has 3 aromatic rings. The smallest absolute Gasteiger partial charge is 0.172 e. The van der Waals surface area contributed by atoms with Gasteiger partial charge in [0.15, 0.2) is 11.6 Å². The van der Waals surface area contributed by atoms with E-state index >= 15 is 4.39 Å². The van der Waals surface area contributed by atoms with Crippen LogP contribution in [0.25, 0.3) is 11.1 Å². The maximum Gasteiger partial charge on any atom is 0.172 e. The van der Waals surface area contributed by atoms with Gasteiger partial charge in [0.25, 0.3) is 0 Å². The molecule has 1 atom stereocenters. The van der Waals surface area contributed by atoms with Crippen molar-refractivity contribution < 1.29 is 13.9 Å². The lowest BCUT2D eigenvalue weighted by Crippen LogP contribution is -2.15. The van der Waals surface area contributed by atoms with Crippen LogP contribution in [0.15, 0.2) is 60.7 Å². The number of ether oxygens (including phenoxy) is 2. The van der Waals surface area contributed by atoms with Crippen LogP contribution in [-0.4, -0.2) is 26.9 Å². The van der Waals surface area contributed by atoms with Gasteiger partial charge in [0.1, 0.15) is 6.61 Å². The number of methoxy groups -OCH3 is 1. The minimum absolute atomic E-state index is 0.00332. The summed E-state index contributed by atoms with van der Waals surface area (Å²) >= 11 is 6.52. The molecule has 0 heterocycles. The van der Waals surface area contributed by atoms with Crippen LogP contribution >= 0.6 is 11.6 Å². The summed E-state index contributed by atoms with van der Waals surface area (Å²) in [4.78, 5) is 0. The van der Waals surface area contributed by atoms with Crippen molar-refractivity contribution >= 4 is 11.6 Å². The minimum atomic E-state index is -0.440. The Bertz CT molecular complexity index is 963. The number of benzene rings is 3. The quantitative estimate of drug-likeness (QED) is 0.491. The van der Waals surface area contributed by atoms with Crippen LogP contribution in [0.2, 0.25) is 5.02 Å². The first-order chi connectivity index (χ1) is 14.1. The topological polar surface area (TPSA) is 44.5 Å². The monoisotopic (exact) mass is 413 g/mol. The van der Waals surface area contributed by atoms with Crippen LogP contribution < -0.4 is 10.5 Å². The van der Waals surface area contributed by atoms with Gasteiger partial charge in [-0.3, -0.25) is 0 Å². The first kappa shape index (κ1) is 21.3. The average Bonchev–Trinajstić information content (AvgIpc) is 2.73. The van der Waals surface area contributed by atoms with Crippen molar-refractivity contribution in [2.75, 3.05) is 26.9 Å². The van der Waals surface area contributed by atoms with Gasteiger partial charge >= 0.3 is 0 Å². The molecule has 2 N–H and O–H groups in total. The highest BCUT2D eigenvalue weighted by molar-refractivity contribution is 6.33. The molecule has 0 bridgehead atoms. The summed E-state index contributed by atoms with van der Waals surface area (Å²) in [5.74, 6) is -0.267. The Hall–Kier alpha value is -2.40. The van der Waals surface area contributed by atoms with Gasteiger partial charge in [-0.05, 0) is 41.8 Å². The zero-order valence-electron chi connectivity index (χ0n) is 16.6. The molecule has 0 aromatic heterocycles.